The third-order valence-corrected chi connectivity index (χ3v) is 3.93. The van der Waals surface area contributed by atoms with Gasteiger partial charge in [0.25, 0.3) is 0 Å². The van der Waals surface area contributed by atoms with Crippen LogP contribution in [0.5, 0.6) is 17.2 Å². The van der Waals surface area contributed by atoms with E-state index in [1.54, 1.807) is 49.6 Å². The molecule has 0 aromatic heterocycles. The van der Waals surface area contributed by atoms with E-state index >= 15 is 0 Å². The van der Waals surface area contributed by atoms with Gasteiger partial charge in [-0.1, -0.05) is 18.7 Å². The van der Waals surface area contributed by atoms with Gasteiger partial charge in [-0.05, 0) is 29.8 Å². The molecule has 0 fully saturated rings. The van der Waals surface area contributed by atoms with Crippen LogP contribution in [0.15, 0.2) is 54.7 Å². The molecule has 2 amide bonds. The summed E-state index contributed by atoms with van der Waals surface area (Å²) in [5.74, 6) is 1.42. The van der Waals surface area contributed by atoms with Crippen molar-refractivity contribution in [2.24, 2.45) is 0 Å². The summed E-state index contributed by atoms with van der Waals surface area (Å²) in [5, 5.41) is 2.71. The van der Waals surface area contributed by atoms with E-state index in [0.717, 1.165) is 5.56 Å². The molecule has 0 bridgehead atoms. The molecule has 0 heterocycles. The first kappa shape index (κ1) is 22.4. The zero-order valence-electron chi connectivity index (χ0n) is 17.1. The van der Waals surface area contributed by atoms with Crippen LogP contribution in [0.2, 0.25) is 0 Å². The molecule has 9 nitrogen and oxygen atoms in total. The van der Waals surface area contributed by atoms with Crippen molar-refractivity contribution >= 4 is 17.7 Å². The molecule has 0 aliphatic carbocycles. The molecule has 30 heavy (non-hydrogen) atoms. The fraction of sp³-hybridized carbons (Fsp3) is 0.238. The summed E-state index contributed by atoms with van der Waals surface area (Å²) in [6.45, 7) is 3.79. The molecular weight excluding hydrogens is 390 g/mol. The van der Waals surface area contributed by atoms with Crippen LogP contribution in [-0.4, -0.2) is 33.3 Å². The standard InChI is InChI=1S/C21H25N3O6/c1-14(11-20(25)22-18-12-17(28-3)9-10-19(18)29-4)23-24-21(26)30-13-15-5-7-16(27-2)8-6-15/h5-10,12,23H,1,11,13H2,2-4H3,(H,22,25)(H,24,26). The summed E-state index contributed by atoms with van der Waals surface area (Å²) in [6.07, 6.45) is -0.791. The van der Waals surface area contributed by atoms with E-state index in [1.807, 2.05) is 0 Å². The zero-order valence-corrected chi connectivity index (χ0v) is 17.1. The minimum Gasteiger partial charge on any atom is -0.497 e. The second kappa shape index (κ2) is 11.2. The highest BCUT2D eigenvalue weighted by Crippen LogP contribution is 2.29. The zero-order chi connectivity index (χ0) is 21.9. The molecule has 0 aliphatic rings. The van der Waals surface area contributed by atoms with Crippen molar-refractivity contribution in [1.29, 1.82) is 0 Å². The van der Waals surface area contributed by atoms with Crippen molar-refractivity contribution in [3.05, 3.63) is 60.3 Å². The highest BCUT2D eigenvalue weighted by atomic mass is 16.6. The number of ether oxygens (including phenoxy) is 4. The molecule has 0 saturated carbocycles. The highest BCUT2D eigenvalue weighted by molar-refractivity contribution is 5.93. The number of hydrogen-bond acceptors (Lipinski definition) is 7. The molecule has 0 atom stereocenters. The summed E-state index contributed by atoms with van der Waals surface area (Å²) in [5.41, 5.74) is 6.41. The molecule has 0 saturated heterocycles. The summed E-state index contributed by atoms with van der Waals surface area (Å²) in [4.78, 5) is 24.0. The van der Waals surface area contributed by atoms with Crippen LogP contribution < -0.4 is 30.4 Å². The second-order valence-corrected chi connectivity index (χ2v) is 6.07. The summed E-state index contributed by atoms with van der Waals surface area (Å²) < 4.78 is 20.5. The Hall–Kier alpha value is -3.88. The maximum atomic E-state index is 12.2. The number of hydrazine groups is 1. The van der Waals surface area contributed by atoms with Gasteiger partial charge in [0.2, 0.25) is 5.91 Å². The first-order chi connectivity index (χ1) is 14.4. The van der Waals surface area contributed by atoms with E-state index in [4.69, 9.17) is 18.9 Å². The lowest BCUT2D eigenvalue weighted by atomic mass is 10.2. The van der Waals surface area contributed by atoms with Gasteiger partial charge in [0.05, 0.1) is 33.4 Å². The number of rotatable bonds is 10. The lowest BCUT2D eigenvalue weighted by Gasteiger charge is -2.14. The van der Waals surface area contributed by atoms with Crippen LogP contribution >= 0.6 is 0 Å². The van der Waals surface area contributed by atoms with Crippen molar-refractivity contribution < 1.29 is 28.5 Å². The van der Waals surface area contributed by atoms with Crippen LogP contribution in [0.1, 0.15) is 12.0 Å². The number of amides is 2. The molecule has 3 N–H and O–H groups in total. The first-order valence-electron chi connectivity index (χ1n) is 8.96. The van der Waals surface area contributed by atoms with Gasteiger partial charge in [-0.25, -0.2) is 10.2 Å². The first-order valence-corrected chi connectivity index (χ1v) is 8.96. The smallest absolute Gasteiger partial charge is 0.426 e. The van der Waals surface area contributed by atoms with Crippen molar-refractivity contribution in [3.8, 4) is 17.2 Å². The molecule has 160 valence electrons. The number of anilines is 1. The highest BCUT2D eigenvalue weighted by Gasteiger charge is 2.11. The quantitative estimate of drug-likeness (QED) is 0.512. The monoisotopic (exact) mass is 415 g/mol. The average Bonchev–Trinajstić information content (AvgIpc) is 2.76. The van der Waals surface area contributed by atoms with E-state index in [9.17, 15) is 9.59 Å². The van der Waals surface area contributed by atoms with Gasteiger partial charge in [0.1, 0.15) is 23.9 Å². The van der Waals surface area contributed by atoms with E-state index in [-0.39, 0.29) is 24.6 Å². The molecule has 9 heteroatoms. The van der Waals surface area contributed by atoms with Gasteiger partial charge in [-0.15, -0.1) is 0 Å². The number of methoxy groups -OCH3 is 3. The Balaban J connectivity index is 1.75. The fourth-order valence-corrected chi connectivity index (χ4v) is 2.39. The topological polar surface area (TPSA) is 107 Å². The third kappa shape index (κ3) is 6.93. The van der Waals surface area contributed by atoms with E-state index in [0.29, 0.717) is 22.9 Å². The number of hydrogen-bond donors (Lipinski definition) is 3. The molecule has 2 aromatic carbocycles. The molecule has 0 radical (unpaired) electrons. The molecular formula is C21H25N3O6. The van der Waals surface area contributed by atoms with E-state index < -0.39 is 6.09 Å². The van der Waals surface area contributed by atoms with Crippen molar-refractivity contribution in [3.63, 3.8) is 0 Å². The number of benzene rings is 2. The van der Waals surface area contributed by atoms with Crippen molar-refractivity contribution in [2.45, 2.75) is 13.0 Å². The summed E-state index contributed by atoms with van der Waals surface area (Å²) >= 11 is 0. The van der Waals surface area contributed by atoms with Crippen LogP contribution in [-0.2, 0) is 16.1 Å². The predicted octanol–water partition coefficient (Wildman–Crippen LogP) is 2.99. The van der Waals surface area contributed by atoms with Crippen LogP contribution in [0.4, 0.5) is 10.5 Å². The van der Waals surface area contributed by atoms with E-state index in [2.05, 4.69) is 22.7 Å². The Bertz CT molecular complexity index is 883. The molecule has 0 unspecified atom stereocenters. The van der Waals surface area contributed by atoms with E-state index in [1.165, 1.54) is 14.2 Å². The maximum Gasteiger partial charge on any atom is 0.426 e. The van der Waals surface area contributed by atoms with Crippen molar-refractivity contribution in [1.82, 2.24) is 10.9 Å². The van der Waals surface area contributed by atoms with Crippen molar-refractivity contribution in [2.75, 3.05) is 26.6 Å². The van der Waals surface area contributed by atoms with Gasteiger partial charge in [-0.3, -0.25) is 4.79 Å². The second-order valence-electron chi connectivity index (χ2n) is 6.07. The van der Waals surface area contributed by atoms with Crippen LogP contribution in [0.3, 0.4) is 0 Å². The normalized spacial score (nSPS) is 9.83. The Labute approximate surface area is 174 Å². The average molecular weight is 415 g/mol. The van der Waals surface area contributed by atoms with Gasteiger partial charge in [0, 0.05) is 11.8 Å². The largest absolute Gasteiger partial charge is 0.497 e. The Morgan fingerprint density at radius 2 is 1.57 bits per heavy atom. The lowest BCUT2D eigenvalue weighted by Crippen LogP contribution is -2.37. The number of carbonyl (C=O) groups is 2. The minimum absolute atomic E-state index is 0.0834. The van der Waals surface area contributed by atoms with Crippen LogP contribution in [0.25, 0.3) is 0 Å². The predicted molar refractivity (Wildman–Crippen MR) is 111 cm³/mol. The summed E-state index contributed by atoms with van der Waals surface area (Å²) in [6, 6.07) is 12.2. The Morgan fingerprint density at radius 1 is 0.900 bits per heavy atom. The lowest BCUT2D eigenvalue weighted by molar-refractivity contribution is -0.115. The molecule has 2 aromatic rings. The summed E-state index contributed by atoms with van der Waals surface area (Å²) in [7, 11) is 4.60. The van der Waals surface area contributed by atoms with Gasteiger partial charge >= 0.3 is 6.09 Å². The SMILES string of the molecule is C=C(CC(=O)Nc1cc(OC)ccc1OC)NNC(=O)OCc1ccc(OC)cc1. The Morgan fingerprint density at radius 3 is 2.20 bits per heavy atom. The van der Waals surface area contributed by atoms with Gasteiger partial charge in [0.15, 0.2) is 0 Å². The Kier molecular flexibility index (Phi) is 8.37. The van der Waals surface area contributed by atoms with Crippen LogP contribution in [0, 0.1) is 0 Å². The number of carbonyl (C=O) groups excluding carboxylic acids is 2. The molecule has 0 aliphatic heterocycles. The fourth-order valence-electron chi connectivity index (χ4n) is 2.39. The number of nitrogens with one attached hydrogen (secondary N) is 3. The van der Waals surface area contributed by atoms with Gasteiger partial charge in [-0.2, -0.15) is 0 Å². The minimum atomic E-state index is -0.707. The molecule has 2 rings (SSSR count). The van der Waals surface area contributed by atoms with Gasteiger partial charge < -0.3 is 29.7 Å². The third-order valence-electron chi connectivity index (χ3n) is 3.93. The molecule has 0 spiro atoms. The maximum absolute atomic E-state index is 12.2.